The topological polar surface area (TPSA) is 24.5 Å². The van der Waals surface area contributed by atoms with Gasteiger partial charge >= 0.3 is 0 Å². The fraction of sp³-hybridized carbons (Fsp3) is 0.667. The van der Waals surface area contributed by atoms with Gasteiger partial charge in [0.2, 0.25) is 0 Å². The number of fused-ring (bicyclic) bond motifs is 3. The minimum Gasteiger partial charge on any atom is -0.491 e. The zero-order valence-corrected chi connectivity index (χ0v) is 13.5. The van der Waals surface area contributed by atoms with Crippen LogP contribution in [0, 0.1) is 5.92 Å². The molecule has 2 bridgehead atoms. The molecule has 21 heavy (non-hydrogen) atoms. The highest BCUT2D eigenvalue weighted by Gasteiger charge is 2.34. The smallest absolute Gasteiger partial charge is 0.124 e. The first-order valence-electron chi connectivity index (χ1n) is 8.37. The fourth-order valence-electron chi connectivity index (χ4n) is 3.76. The SMILES string of the molecule is CC(C)Oc1ccccc1C(C)NC1CN2CCC1CC2. The molecule has 2 atom stereocenters. The maximum atomic E-state index is 5.97. The van der Waals surface area contributed by atoms with Crippen molar-refractivity contribution in [2.75, 3.05) is 19.6 Å². The highest BCUT2D eigenvalue weighted by molar-refractivity contribution is 5.35. The highest BCUT2D eigenvalue weighted by atomic mass is 16.5. The van der Waals surface area contributed by atoms with Crippen LogP contribution in [0.5, 0.6) is 5.75 Å². The van der Waals surface area contributed by atoms with Crippen LogP contribution in [0.15, 0.2) is 24.3 Å². The molecule has 3 nitrogen and oxygen atoms in total. The molecule has 1 aromatic carbocycles. The second-order valence-corrected chi connectivity index (χ2v) is 6.84. The molecule has 3 heteroatoms. The maximum absolute atomic E-state index is 5.97. The summed E-state index contributed by atoms with van der Waals surface area (Å²) in [4.78, 5) is 2.60. The lowest BCUT2D eigenvalue weighted by Crippen LogP contribution is -2.56. The second kappa shape index (κ2) is 6.37. The van der Waals surface area contributed by atoms with Crippen molar-refractivity contribution in [3.8, 4) is 5.75 Å². The Labute approximate surface area is 128 Å². The predicted molar refractivity (Wildman–Crippen MR) is 86.7 cm³/mol. The van der Waals surface area contributed by atoms with Gasteiger partial charge in [0.25, 0.3) is 0 Å². The summed E-state index contributed by atoms with van der Waals surface area (Å²) in [5.74, 6) is 1.88. The molecule has 0 aromatic heterocycles. The molecule has 0 spiro atoms. The number of nitrogens with one attached hydrogen (secondary N) is 1. The summed E-state index contributed by atoms with van der Waals surface area (Å²) in [6.45, 7) is 10.2. The summed E-state index contributed by atoms with van der Waals surface area (Å²) >= 11 is 0. The first kappa shape index (κ1) is 14.9. The van der Waals surface area contributed by atoms with Crippen LogP contribution in [0.2, 0.25) is 0 Å². The summed E-state index contributed by atoms with van der Waals surface area (Å²) < 4.78 is 5.97. The first-order valence-corrected chi connectivity index (χ1v) is 8.37. The predicted octanol–water partition coefficient (Wildman–Crippen LogP) is 3.22. The molecule has 0 amide bonds. The molecule has 0 radical (unpaired) electrons. The molecule has 3 aliphatic heterocycles. The van der Waals surface area contributed by atoms with Crippen molar-refractivity contribution in [3.05, 3.63) is 29.8 Å². The molecule has 116 valence electrons. The van der Waals surface area contributed by atoms with Gasteiger partial charge in [-0.15, -0.1) is 0 Å². The van der Waals surface area contributed by atoms with E-state index >= 15 is 0 Å². The Bertz CT molecular complexity index is 466. The Morgan fingerprint density at radius 1 is 1.14 bits per heavy atom. The summed E-state index contributed by atoms with van der Waals surface area (Å²) in [5.41, 5.74) is 1.28. The van der Waals surface area contributed by atoms with Gasteiger partial charge < -0.3 is 15.0 Å². The fourth-order valence-corrected chi connectivity index (χ4v) is 3.76. The molecule has 4 rings (SSSR count). The third-order valence-electron chi connectivity index (χ3n) is 4.87. The van der Waals surface area contributed by atoms with Gasteiger partial charge in [-0.3, -0.25) is 0 Å². The summed E-state index contributed by atoms with van der Waals surface area (Å²) in [7, 11) is 0. The molecule has 3 fully saturated rings. The van der Waals surface area contributed by atoms with E-state index in [1.807, 2.05) is 0 Å². The van der Waals surface area contributed by atoms with Crippen molar-refractivity contribution in [1.29, 1.82) is 0 Å². The van der Waals surface area contributed by atoms with E-state index in [1.165, 1.54) is 38.0 Å². The maximum Gasteiger partial charge on any atom is 0.124 e. The van der Waals surface area contributed by atoms with Gasteiger partial charge in [0.05, 0.1) is 6.10 Å². The van der Waals surface area contributed by atoms with Crippen LogP contribution in [0.25, 0.3) is 0 Å². The molecule has 1 aromatic rings. The average molecular weight is 288 g/mol. The van der Waals surface area contributed by atoms with Gasteiger partial charge in [-0.1, -0.05) is 18.2 Å². The monoisotopic (exact) mass is 288 g/mol. The van der Waals surface area contributed by atoms with Crippen LogP contribution in [-0.2, 0) is 0 Å². The number of rotatable bonds is 5. The quantitative estimate of drug-likeness (QED) is 0.900. The molecule has 3 saturated heterocycles. The average Bonchev–Trinajstić information content (AvgIpc) is 2.48. The minimum atomic E-state index is 0.218. The highest BCUT2D eigenvalue weighted by Crippen LogP contribution is 2.31. The van der Waals surface area contributed by atoms with Crippen molar-refractivity contribution in [2.24, 2.45) is 5.92 Å². The van der Waals surface area contributed by atoms with E-state index in [1.54, 1.807) is 0 Å². The lowest BCUT2D eigenvalue weighted by molar-refractivity contribution is 0.0677. The van der Waals surface area contributed by atoms with Crippen molar-refractivity contribution in [2.45, 2.75) is 51.8 Å². The standard InChI is InChI=1S/C18H28N2O/c1-13(2)21-18-7-5-4-6-16(18)14(3)19-17-12-20-10-8-15(17)9-11-20/h4-7,13-15,17,19H,8-12H2,1-3H3. The van der Waals surface area contributed by atoms with Crippen LogP contribution in [0.1, 0.15) is 45.2 Å². The third-order valence-corrected chi connectivity index (χ3v) is 4.87. The van der Waals surface area contributed by atoms with E-state index < -0.39 is 0 Å². The Kier molecular flexibility index (Phi) is 4.51. The van der Waals surface area contributed by atoms with Crippen LogP contribution in [0.4, 0.5) is 0 Å². The van der Waals surface area contributed by atoms with Gasteiger partial charge in [-0.05, 0) is 58.7 Å². The molecule has 2 unspecified atom stereocenters. The van der Waals surface area contributed by atoms with E-state index in [-0.39, 0.29) is 6.10 Å². The lowest BCUT2D eigenvalue weighted by atomic mass is 9.83. The summed E-state index contributed by atoms with van der Waals surface area (Å²) in [6.07, 6.45) is 2.93. The van der Waals surface area contributed by atoms with Gasteiger partial charge in [-0.25, -0.2) is 0 Å². The molecule has 3 aliphatic rings. The van der Waals surface area contributed by atoms with Crippen LogP contribution >= 0.6 is 0 Å². The Morgan fingerprint density at radius 3 is 2.48 bits per heavy atom. The Balaban J connectivity index is 1.69. The zero-order chi connectivity index (χ0) is 14.8. The van der Waals surface area contributed by atoms with Crippen LogP contribution in [0.3, 0.4) is 0 Å². The number of hydrogen-bond donors (Lipinski definition) is 1. The minimum absolute atomic E-state index is 0.218. The zero-order valence-electron chi connectivity index (χ0n) is 13.5. The van der Waals surface area contributed by atoms with Crippen molar-refractivity contribution >= 4 is 0 Å². The van der Waals surface area contributed by atoms with Crippen molar-refractivity contribution < 1.29 is 4.74 Å². The molecule has 0 aliphatic carbocycles. The van der Waals surface area contributed by atoms with Crippen LogP contribution < -0.4 is 10.1 Å². The molecular weight excluding hydrogens is 260 g/mol. The number of benzene rings is 1. The van der Waals surface area contributed by atoms with Crippen LogP contribution in [-0.4, -0.2) is 36.7 Å². The number of hydrogen-bond acceptors (Lipinski definition) is 3. The summed E-state index contributed by atoms with van der Waals surface area (Å²) in [5, 5.41) is 3.86. The number of ether oxygens (including phenoxy) is 1. The third kappa shape index (κ3) is 3.41. The normalized spacial score (nSPS) is 29.6. The lowest BCUT2D eigenvalue weighted by Gasteiger charge is -2.46. The van der Waals surface area contributed by atoms with E-state index in [0.717, 1.165) is 11.7 Å². The molecule has 0 saturated carbocycles. The Morgan fingerprint density at radius 2 is 1.86 bits per heavy atom. The largest absolute Gasteiger partial charge is 0.491 e. The van der Waals surface area contributed by atoms with E-state index in [9.17, 15) is 0 Å². The number of piperidine rings is 3. The molecule has 1 N–H and O–H groups in total. The molecular formula is C18H28N2O. The second-order valence-electron chi connectivity index (χ2n) is 6.84. The summed E-state index contributed by atoms with van der Waals surface area (Å²) in [6, 6.07) is 9.42. The van der Waals surface area contributed by atoms with Crippen molar-refractivity contribution in [3.63, 3.8) is 0 Å². The van der Waals surface area contributed by atoms with Gasteiger partial charge in [0, 0.05) is 24.2 Å². The van der Waals surface area contributed by atoms with E-state index in [2.05, 4.69) is 55.3 Å². The van der Waals surface area contributed by atoms with Gasteiger partial charge in [0.1, 0.15) is 5.75 Å². The number of nitrogens with zero attached hydrogens (tertiary/aromatic N) is 1. The number of para-hydroxylation sites is 1. The van der Waals surface area contributed by atoms with Gasteiger partial charge in [0.15, 0.2) is 0 Å². The van der Waals surface area contributed by atoms with E-state index in [4.69, 9.17) is 4.74 Å². The Hall–Kier alpha value is -1.06. The molecule has 3 heterocycles. The van der Waals surface area contributed by atoms with Gasteiger partial charge in [-0.2, -0.15) is 0 Å². The van der Waals surface area contributed by atoms with E-state index in [0.29, 0.717) is 12.1 Å². The first-order chi connectivity index (χ1) is 10.1. The van der Waals surface area contributed by atoms with Crippen molar-refractivity contribution in [1.82, 2.24) is 10.2 Å².